The van der Waals surface area contributed by atoms with E-state index in [1.165, 1.54) is 0 Å². The molecule has 0 radical (unpaired) electrons. The molecule has 0 aromatic heterocycles. The van der Waals surface area contributed by atoms with Crippen LogP contribution in [0.15, 0.2) is 0 Å². The fourth-order valence-electron chi connectivity index (χ4n) is 8.25. The number of hydrogen-bond donors (Lipinski definition) is 1. The van der Waals surface area contributed by atoms with E-state index < -0.39 is 11.5 Å². The Morgan fingerprint density at radius 1 is 0.244 bits per heavy atom. The molecule has 520 valence electrons. The highest BCUT2D eigenvalue weighted by Gasteiger charge is 2.27. The smallest absolute Gasteiger partial charge is 0.407 e. The van der Waals surface area contributed by atoms with Gasteiger partial charge in [-0.15, -0.1) is 0 Å². The highest BCUT2D eigenvalue weighted by molar-refractivity contribution is 5.76. The van der Waals surface area contributed by atoms with Gasteiger partial charge in [0, 0.05) is 57.8 Å². The molecule has 0 aromatic carbocycles. The van der Waals surface area contributed by atoms with Crippen molar-refractivity contribution in [2.45, 2.75) is 278 Å². The van der Waals surface area contributed by atoms with Crippen LogP contribution < -0.4 is 5.32 Å². The number of nitrogens with one attached hydrogen (secondary N) is 1. The van der Waals surface area contributed by atoms with Crippen LogP contribution in [-0.2, 0) is 100 Å². The summed E-state index contributed by atoms with van der Waals surface area (Å²) in [5.41, 5.74) is -0.565. The third kappa shape index (κ3) is 58.3. The summed E-state index contributed by atoms with van der Waals surface area (Å²) in [6, 6.07) is 0. The zero-order valence-electron chi connectivity index (χ0n) is 55.5. The topological polar surface area (TPSA) is 301 Å². The molecule has 0 spiro atoms. The Labute approximate surface area is 536 Å². The van der Waals surface area contributed by atoms with Gasteiger partial charge in [0.15, 0.2) is 0 Å². The van der Waals surface area contributed by atoms with Gasteiger partial charge in [0.25, 0.3) is 0 Å². The molecule has 0 atom stereocenters. The zero-order valence-corrected chi connectivity index (χ0v) is 55.5. The molecule has 0 heterocycles. The molecule has 0 unspecified atom stereocenters. The lowest BCUT2D eigenvalue weighted by Gasteiger charge is -2.20. The predicted octanol–water partition coefficient (Wildman–Crippen LogP) is 12.4. The first-order valence-corrected chi connectivity index (χ1v) is 34.0. The number of rotatable bonds is 62. The molecule has 0 saturated carbocycles. The van der Waals surface area contributed by atoms with Crippen LogP contribution >= 0.6 is 0 Å². The molecule has 0 aromatic rings. The molecule has 1 N–H and O–H groups in total. The van der Waals surface area contributed by atoms with Crippen molar-refractivity contribution in [1.29, 1.82) is 0 Å². The number of alkyl carbamates (subject to hydrolysis) is 1. The van der Waals surface area contributed by atoms with Crippen LogP contribution in [0.4, 0.5) is 4.79 Å². The van der Waals surface area contributed by atoms with Crippen molar-refractivity contribution in [1.82, 2.24) is 5.32 Å². The number of hydrogen-bond acceptors (Lipinski definition) is 22. The first kappa shape index (κ1) is 84.0. The molecule has 0 saturated heterocycles. The first-order chi connectivity index (χ1) is 43.5. The van der Waals surface area contributed by atoms with E-state index in [2.05, 4.69) is 5.32 Å². The Hall–Kier alpha value is -6.03. The van der Waals surface area contributed by atoms with E-state index in [0.717, 1.165) is 38.5 Å². The monoisotopic (exact) mass is 1290 g/mol. The van der Waals surface area contributed by atoms with E-state index in [0.29, 0.717) is 200 Å². The van der Waals surface area contributed by atoms with Crippen LogP contribution in [0.3, 0.4) is 0 Å². The Morgan fingerprint density at radius 2 is 0.444 bits per heavy atom. The van der Waals surface area contributed by atoms with Crippen LogP contribution in [0, 0.1) is 5.41 Å². The number of carbonyl (C=O) groups is 11. The van der Waals surface area contributed by atoms with Gasteiger partial charge >= 0.3 is 65.8 Å². The fourth-order valence-corrected chi connectivity index (χ4v) is 8.25. The Kier molecular flexibility index (Phi) is 56.5. The summed E-state index contributed by atoms with van der Waals surface area (Å²) in [7, 11) is 0. The second kappa shape index (κ2) is 60.5. The minimum Gasteiger partial charge on any atom is -0.466 e. The van der Waals surface area contributed by atoms with Crippen molar-refractivity contribution < 1.29 is 105 Å². The SMILES string of the molecule is CCCCOC(=O)CCCCCOC(=O)CCCCCOC(=O)CCCCCOC(=O)CCCCCOC(=O)CCCCCOC(=O)CCCCCOC(=O)CCCCCOC(=O)CCCCCOC(=O)CCCCCOC(=O)NCCOC(=O)C(C)(C)CC. The van der Waals surface area contributed by atoms with E-state index in [1.54, 1.807) is 13.8 Å². The molecule has 23 nitrogen and oxygen atoms in total. The van der Waals surface area contributed by atoms with Gasteiger partial charge < -0.3 is 57.4 Å². The molecular formula is C67H115NO22. The number of esters is 10. The summed E-state index contributed by atoms with van der Waals surface area (Å²) in [6.45, 7) is 10.8. The van der Waals surface area contributed by atoms with Crippen LogP contribution in [0.5, 0.6) is 0 Å². The third-order valence-electron chi connectivity index (χ3n) is 14.4. The summed E-state index contributed by atoms with van der Waals surface area (Å²) in [5, 5.41) is 2.53. The van der Waals surface area contributed by atoms with Crippen molar-refractivity contribution in [3.63, 3.8) is 0 Å². The van der Waals surface area contributed by atoms with E-state index >= 15 is 0 Å². The second-order valence-corrected chi connectivity index (χ2v) is 23.1. The first-order valence-electron chi connectivity index (χ1n) is 34.0. The van der Waals surface area contributed by atoms with Gasteiger partial charge in [-0.05, 0) is 200 Å². The molecule has 1 amide bonds. The van der Waals surface area contributed by atoms with Gasteiger partial charge in [-0.2, -0.15) is 0 Å². The lowest BCUT2D eigenvalue weighted by Crippen LogP contribution is -2.32. The maximum absolute atomic E-state index is 12.1. The zero-order chi connectivity index (χ0) is 66.4. The molecule has 0 aliphatic carbocycles. The van der Waals surface area contributed by atoms with Gasteiger partial charge in [-0.25, -0.2) is 4.79 Å². The van der Waals surface area contributed by atoms with Gasteiger partial charge in [-0.1, -0.05) is 20.3 Å². The molecular weight excluding hydrogens is 1170 g/mol. The number of ether oxygens (including phenoxy) is 11. The molecule has 0 rings (SSSR count). The minimum atomic E-state index is -0.588. The summed E-state index contributed by atoms with van der Waals surface area (Å²) in [5.74, 6) is -2.70. The van der Waals surface area contributed by atoms with Crippen molar-refractivity contribution >= 4 is 65.8 Å². The largest absolute Gasteiger partial charge is 0.466 e. The van der Waals surface area contributed by atoms with Gasteiger partial charge in [0.2, 0.25) is 0 Å². The third-order valence-corrected chi connectivity index (χ3v) is 14.4. The maximum Gasteiger partial charge on any atom is 0.407 e. The quantitative estimate of drug-likeness (QED) is 0.0336. The van der Waals surface area contributed by atoms with E-state index in [-0.39, 0.29) is 151 Å². The predicted molar refractivity (Wildman–Crippen MR) is 334 cm³/mol. The van der Waals surface area contributed by atoms with Crippen molar-refractivity contribution in [2.75, 3.05) is 79.2 Å². The van der Waals surface area contributed by atoms with E-state index in [1.807, 2.05) is 13.8 Å². The second-order valence-electron chi connectivity index (χ2n) is 23.1. The Balaban J connectivity index is 3.53. The molecule has 90 heavy (non-hydrogen) atoms. The lowest BCUT2D eigenvalue weighted by molar-refractivity contribution is -0.154. The summed E-state index contributed by atoms with van der Waals surface area (Å²) in [4.78, 5) is 132. The van der Waals surface area contributed by atoms with Gasteiger partial charge in [0.05, 0.1) is 78.0 Å². The standard InChI is InChI=1S/C67H115NO22/c1-5-7-45-80-56(69)35-17-8-26-46-81-57(70)36-18-9-27-47-82-58(71)37-19-10-28-48-83-59(72)38-20-11-29-49-84-60(73)39-21-12-30-50-85-61(74)40-22-13-31-51-86-62(75)41-23-14-32-52-87-63(76)42-24-15-33-53-88-64(77)43-25-16-34-54-90-66(79)68-44-55-89-65(78)67(3,4)6-2/h5-55H2,1-4H3,(H,68,79). The molecule has 0 bridgehead atoms. The number of amides is 1. The molecule has 23 heteroatoms. The van der Waals surface area contributed by atoms with Crippen molar-refractivity contribution in [3.8, 4) is 0 Å². The van der Waals surface area contributed by atoms with E-state index in [4.69, 9.17) is 52.1 Å². The molecule has 0 aliphatic rings. The van der Waals surface area contributed by atoms with Crippen molar-refractivity contribution in [3.05, 3.63) is 0 Å². The maximum atomic E-state index is 12.1. The highest BCUT2D eigenvalue weighted by atomic mass is 16.6. The summed E-state index contributed by atoms with van der Waals surface area (Å²) < 4.78 is 57.6. The summed E-state index contributed by atoms with van der Waals surface area (Å²) >= 11 is 0. The van der Waals surface area contributed by atoms with Gasteiger partial charge in [0.1, 0.15) is 6.61 Å². The molecule has 0 aliphatic heterocycles. The minimum absolute atomic E-state index is 0.0701. The number of carbonyl (C=O) groups excluding carboxylic acids is 11. The fraction of sp³-hybridized carbons (Fsp3) is 0.836. The average Bonchev–Trinajstić information content (AvgIpc) is 3.72. The van der Waals surface area contributed by atoms with Crippen molar-refractivity contribution in [2.24, 2.45) is 5.41 Å². The van der Waals surface area contributed by atoms with Crippen LogP contribution in [0.25, 0.3) is 0 Å². The Bertz CT molecular complexity index is 1940. The van der Waals surface area contributed by atoms with Crippen LogP contribution in [-0.4, -0.2) is 145 Å². The molecule has 0 fully saturated rings. The Morgan fingerprint density at radius 3 is 0.644 bits per heavy atom. The lowest BCUT2D eigenvalue weighted by atomic mass is 9.91. The van der Waals surface area contributed by atoms with Crippen LogP contribution in [0.2, 0.25) is 0 Å². The average molecular weight is 1290 g/mol. The normalized spacial score (nSPS) is 11.0. The highest BCUT2D eigenvalue weighted by Crippen LogP contribution is 2.21. The summed E-state index contributed by atoms with van der Waals surface area (Å²) in [6.07, 6.45) is 22.7. The van der Waals surface area contributed by atoms with E-state index in [9.17, 15) is 52.7 Å². The van der Waals surface area contributed by atoms with Crippen LogP contribution in [0.1, 0.15) is 278 Å². The number of unbranched alkanes of at least 4 members (excludes halogenated alkanes) is 19. The van der Waals surface area contributed by atoms with Gasteiger partial charge in [-0.3, -0.25) is 47.9 Å².